The van der Waals surface area contributed by atoms with Crippen LogP contribution < -0.4 is 20.9 Å². The minimum absolute atomic E-state index is 0.109. The van der Waals surface area contributed by atoms with Crippen molar-refractivity contribution in [2.45, 2.75) is 25.8 Å². The first-order valence-corrected chi connectivity index (χ1v) is 10.5. The summed E-state index contributed by atoms with van der Waals surface area (Å²) in [7, 11) is 0. The fourth-order valence-corrected chi connectivity index (χ4v) is 3.42. The number of halogens is 3. The van der Waals surface area contributed by atoms with Gasteiger partial charge in [-0.15, -0.1) is 0 Å². The largest absolute Gasteiger partial charge is 0.618 e. The number of aromatic nitrogens is 3. The molecule has 0 bridgehead atoms. The highest BCUT2D eigenvalue weighted by molar-refractivity contribution is 6.30. The van der Waals surface area contributed by atoms with E-state index < -0.39 is 23.7 Å². The van der Waals surface area contributed by atoms with Crippen LogP contribution in [0.1, 0.15) is 17.0 Å². The van der Waals surface area contributed by atoms with Gasteiger partial charge in [-0.25, -0.2) is 4.98 Å². The molecule has 0 aliphatic rings. The highest BCUT2D eigenvalue weighted by Crippen LogP contribution is 2.24. The van der Waals surface area contributed by atoms with Gasteiger partial charge in [0.25, 0.3) is 11.3 Å². The van der Waals surface area contributed by atoms with Gasteiger partial charge in [0.15, 0.2) is 12.0 Å². The van der Waals surface area contributed by atoms with Gasteiger partial charge >= 0.3 is 5.92 Å². The lowest BCUT2D eigenvalue weighted by Gasteiger charge is -2.17. The van der Waals surface area contributed by atoms with Gasteiger partial charge in [-0.05, 0) is 43.7 Å². The normalized spacial score (nSPS) is 11.5. The zero-order valence-electron chi connectivity index (χ0n) is 17.5. The number of hydrogen-bond donors (Lipinski definition) is 2. The van der Waals surface area contributed by atoms with E-state index in [1.807, 2.05) is 24.3 Å². The number of aryl methyl sites for hydroxylation is 1. The first-order chi connectivity index (χ1) is 15.3. The van der Waals surface area contributed by atoms with Crippen molar-refractivity contribution in [2.24, 2.45) is 0 Å². The molecule has 0 atom stereocenters. The van der Waals surface area contributed by atoms with Crippen molar-refractivity contribution >= 4 is 17.4 Å². The third-order valence-electron chi connectivity index (χ3n) is 4.92. The number of anilines is 1. The Balaban J connectivity index is 1.58. The van der Waals surface area contributed by atoms with E-state index in [1.165, 1.54) is 22.9 Å². The molecule has 7 nitrogen and oxygen atoms in total. The second kappa shape index (κ2) is 10.5. The Morgan fingerprint density at radius 3 is 2.78 bits per heavy atom. The molecule has 1 aromatic carbocycles. The Morgan fingerprint density at radius 1 is 1.22 bits per heavy atom. The summed E-state index contributed by atoms with van der Waals surface area (Å²) in [6, 6.07) is 11.4. The Hall–Kier alpha value is -3.04. The van der Waals surface area contributed by atoms with E-state index in [2.05, 4.69) is 15.6 Å². The number of alkyl halides is 2. The van der Waals surface area contributed by atoms with Gasteiger partial charge < -0.3 is 20.4 Å². The first kappa shape index (κ1) is 23.6. The van der Waals surface area contributed by atoms with Crippen LogP contribution in [0.5, 0.6) is 0 Å². The maximum absolute atomic E-state index is 14.4. The van der Waals surface area contributed by atoms with E-state index in [0.717, 1.165) is 24.2 Å². The summed E-state index contributed by atoms with van der Waals surface area (Å²) in [5, 5.41) is 18.0. The summed E-state index contributed by atoms with van der Waals surface area (Å²) >= 11 is 5.98. The quantitative estimate of drug-likeness (QED) is 0.274. The number of rotatable bonds is 10. The molecule has 0 saturated heterocycles. The second-order valence-corrected chi connectivity index (χ2v) is 7.74. The van der Waals surface area contributed by atoms with Crippen LogP contribution in [-0.4, -0.2) is 29.2 Å². The molecule has 32 heavy (non-hydrogen) atoms. The average Bonchev–Trinajstić information content (AvgIpc) is 2.75. The minimum atomic E-state index is -3.48. The predicted octanol–water partition coefficient (Wildman–Crippen LogP) is 2.87. The van der Waals surface area contributed by atoms with Gasteiger partial charge in [-0.1, -0.05) is 23.7 Å². The monoisotopic (exact) mass is 463 g/mol. The Kier molecular flexibility index (Phi) is 7.76. The Bertz CT molecular complexity index is 1120. The van der Waals surface area contributed by atoms with Crippen molar-refractivity contribution in [2.75, 3.05) is 25.0 Å². The predicted molar refractivity (Wildman–Crippen MR) is 119 cm³/mol. The molecule has 0 aliphatic heterocycles. The van der Waals surface area contributed by atoms with Crippen molar-refractivity contribution in [3.8, 4) is 0 Å². The van der Waals surface area contributed by atoms with E-state index >= 15 is 0 Å². The van der Waals surface area contributed by atoms with Crippen LogP contribution in [0, 0.1) is 12.1 Å². The zero-order chi connectivity index (χ0) is 23.1. The summed E-state index contributed by atoms with van der Waals surface area (Å²) in [4.78, 5) is 16.7. The lowest BCUT2D eigenvalue weighted by molar-refractivity contribution is -0.624. The molecular formula is C22H24ClF2N5O2. The molecule has 0 amide bonds. The van der Waals surface area contributed by atoms with Crippen molar-refractivity contribution in [3.63, 3.8) is 0 Å². The van der Waals surface area contributed by atoms with Crippen molar-refractivity contribution < 1.29 is 13.5 Å². The van der Waals surface area contributed by atoms with Crippen molar-refractivity contribution in [1.29, 1.82) is 0 Å². The molecule has 0 unspecified atom stereocenters. The molecule has 0 aliphatic carbocycles. The maximum atomic E-state index is 14.4. The molecule has 2 N–H and O–H groups in total. The van der Waals surface area contributed by atoms with Crippen LogP contribution in [-0.2, 0) is 18.9 Å². The lowest BCUT2D eigenvalue weighted by atomic mass is 10.1. The maximum Gasteiger partial charge on any atom is 0.347 e. The fraction of sp³-hybridized carbons (Fsp3) is 0.318. The number of nitrogens with zero attached hydrogens (tertiary/aromatic N) is 3. The Morgan fingerprint density at radius 2 is 2.03 bits per heavy atom. The van der Waals surface area contributed by atoms with Crippen LogP contribution in [0.3, 0.4) is 0 Å². The standard InChI is InChI=1S/C22H24ClF2N5O2/c1-16-14-27-20(28-15-22(24,25)19-7-2-3-11-30(19)32)21(31)29(16)12-10-26-9-8-17-5-4-6-18(23)13-17/h2-7,11,13-14,26H,8-10,12,15H2,1H3,(H,27,28). The number of nitrogens with one attached hydrogen (secondary N) is 2. The third-order valence-corrected chi connectivity index (χ3v) is 5.16. The van der Waals surface area contributed by atoms with E-state index in [9.17, 15) is 18.8 Å². The molecule has 3 aromatic rings. The molecule has 0 radical (unpaired) electrons. The third kappa shape index (κ3) is 6.02. The fourth-order valence-electron chi connectivity index (χ4n) is 3.21. The number of hydrogen-bond acceptors (Lipinski definition) is 5. The minimum Gasteiger partial charge on any atom is -0.618 e. The van der Waals surface area contributed by atoms with E-state index in [4.69, 9.17) is 11.6 Å². The van der Waals surface area contributed by atoms with Crippen LogP contribution in [0.4, 0.5) is 14.6 Å². The van der Waals surface area contributed by atoms with Gasteiger partial charge in [-0.3, -0.25) is 4.79 Å². The van der Waals surface area contributed by atoms with Gasteiger partial charge in [-0.2, -0.15) is 13.5 Å². The second-order valence-electron chi connectivity index (χ2n) is 7.30. The molecule has 0 spiro atoms. The van der Waals surface area contributed by atoms with Crippen LogP contribution >= 0.6 is 11.6 Å². The highest BCUT2D eigenvalue weighted by Gasteiger charge is 2.39. The summed E-state index contributed by atoms with van der Waals surface area (Å²) in [6.07, 6.45) is 3.23. The van der Waals surface area contributed by atoms with Gasteiger partial charge in [0, 0.05) is 42.1 Å². The van der Waals surface area contributed by atoms with E-state index in [1.54, 1.807) is 6.92 Å². The summed E-state index contributed by atoms with van der Waals surface area (Å²) < 4.78 is 30.4. The summed E-state index contributed by atoms with van der Waals surface area (Å²) in [5.41, 5.74) is 0.515. The summed E-state index contributed by atoms with van der Waals surface area (Å²) in [5.74, 6) is -3.67. The average molecular weight is 464 g/mol. The lowest BCUT2D eigenvalue weighted by Crippen LogP contribution is -2.41. The zero-order valence-corrected chi connectivity index (χ0v) is 18.3. The van der Waals surface area contributed by atoms with Crippen molar-refractivity contribution in [3.05, 3.63) is 92.4 Å². The number of pyridine rings is 1. The molecule has 3 rings (SSSR count). The molecule has 170 valence electrons. The van der Waals surface area contributed by atoms with E-state index in [0.29, 0.717) is 30.4 Å². The van der Waals surface area contributed by atoms with Crippen LogP contribution in [0.2, 0.25) is 5.02 Å². The van der Waals surface area contributed by atoms with Crippen LogP contribution in [0.25, 0.3) is 0 Å². The summed E-state index contributed by atoms with van der Waals surface area (Å²) in [6.45, 7) is 2.36. The van der Waals surface area contributed by atoms with Crippen molar-refractivity contribution in [1.82, 2.24) is 14.9 Å². The van der Waals surface area contributed by atoms with Gasteiger partial charge in [0.1, 0.15) is 0 Å². The molecule has 2 heterocycles. The molecular weight excluding hydrogens is 440 g/mol. The topological polar surface area (TPSA) is 85.9 Å². The first-order valence-electron chi connectivity index (χ1n) is 10.1. The van der Waals surface area contributed by atoms with Crippen LogP contribution in [0.15, 0.2) is 59.7 Å². The smallest absolute Gasteiger partial charge is 0.347 e. The molecule has 2 aromatic heterocycles. The van der Waals surface area contributed by atoms with Gasteiger partial charge in [0.2, 0.25) is 0 Å². The number of benzene rings is 1. The van der Waals surface area contributed by atoms with E-state index in [-0.39, 0.29) is 10.5 Å². The highest BCUT2D eigenvalue weighted by atomic mass is 35.5. The Labute approximate surface area is 189 Å². The van der Waals surface area contributed by atoms with Gasteiger partial charge in [0.05, 0.1) is 6.54 Å². The SMILES string of the molecule is Cc1cnc(NCC(F)(F)c2cccc[n+]2[O-])c(=O)n1CCNCCc1cccc(Cl)c1. The molecule has 0 fully saturated rings. The molecule has 10 heteroatoms. The molecule has 0 saturated carbocycles.